The number of hydrogen-bond acceptors (Lipinski definition) is 2. The van der Waals surface area contributed by atoms with Gasteiger partial charge in [0.25, 0.3) is 0 Å². The fourth-order valence-electron chi connectivity index (χ4n) is 8.14. The molecule has 0 aromatic rings. The summed E-state index contributed by atoms with van der Waals surface area (Å²) in [7, 11) is 0. The van der Waals surface area contributed by atoms with Crippen LogP contribution >= 0.6 is 0 Å². The van der Waals surface area contributed by atoms with Crippen LogP contribution in [-0.2, 0) is 9.47 Å². The smallest absolute Gasteiger partial charge is 0.0631 e. The van der Waals surface area contributed by atoms with Gasteiger partial charge in [-0.1, -0.05) is 27.7 Å². The topological polar surface area (TPSA) is 18.5 Å². The summed E-state index contributed by atoms with van der Waals surface area (Å²) in [6.07, 6.45) is 16.0. The van der Waals surface area contributed by atoms with Crippen LogP contribution in [0.25, 0.3) is 0 Å². The maximum absolute atomic E-state index is 6.37. The Hall–Kier alpha value is -0.0800. The van der Waals surface area contributed by atoms with E-state index < -0.39 is 0 Å². The molecular formula is C25H44O2. The number of fused-ring (bicyclic) bond motifs is 5. The summed E-state index contributed by atoms with van der Waals surface area (Å²) in [6, 6.07) is 0. The van der Waals surface area contributed by atoms with E-state index in [-0.39, 0.29) is 0 Å². The number of rotatable bonds is 6. The molecule has 0 aliphatic heterocycles. The normalized spacial score (nSPS) is 49.3. The van der Waals surface area contributed by atoms with Gasteiger partial charge in [0.2, 0.25) is 0 Å². The zero-order valence-corrected chi connectivity index (χ0v) is 18.5. The quantitative estimate of drug-likeness (QED) is 0.518. The molecule has 0 amide bonds. The molecule has 4 aliphatic rings. The largest absolute Gasteiger partial charge is 0.378 e. The molecule has 2 heteroatoms. The van der Waals surface area contributed by atoms with Gasteiger partial charge in [-0.25, -0.2) is 0 Å². The maximum Gasteiger partial charge on any atom is 0.0631 e. The number of ether oxygens (including phenoxy) is 2. The van der Waals surface area contributed by atoms with Crippen molar-refractivity contribution < 1.29 is 9.47 Å². The van der Waals surface area contributed by atoms with Crippen LogP contribution in [0.4, 0.5) is 0 Å². The van der Waals surface area contributed by atoms with Crippen LogP contribution < -0.4 is 0 Å². The third-order valence-electron chi connectivity index (χ3n) is 9.61. The van der Waals surface area contributed by atoms with Crippen molar-refractivity contribution in [1.82, 2.24) is 0 Å². The lowest BCUT2D eigenvalue weighted by molar-refractivity contribution is -0.146. The Morgan fingerprint density at radius 3 is 2.22 bits per heavy atom. The molecule has 0 aromatic carbocycles. The van der Waals surface area contributed by atoms with Crippen LogP contribution in [0.5, 0.6) is 0 Å². The zero-order valence-electron chi connectivity index (χ0n) is 18.5. The molecule has 27 heavy (non-hydrogen) atoms. The highest BCUT2D eigenvalue weighted by molar-refractivity contribution is 5.09. The maximum atomic E-state index is 6.37. The fraction of sp³-hybridized carbons (Fsp3) is 1.00. The first-order valence-corrected chi connectivity index (χ1v) is 12.3. The van der Waals surface area contributed by atoms with Gasteiger partial charge >= 0.3 is 0 Å². The lowest BCUT2D eigenvalue weighted by Crippen LogP contribution is -2.54. The molecule has 4 fully saturated rings. The van der Waals surface area contributed by atoms with E-state index in [1.807, 2.05) is 0 Å². The Labute approximate surface area is 168 Å². The first-order valence-electron chi connectivity index (χ1n) is 12.3. The molecule has 8 atom stereocenters. The van der Waals surface area contributed by atoms with Crippen molar-refractivity contribution >= 4 is 0 Å². The summed E-state index contributed by atoms with van der Waals surface area (Å²) in [5.74, 6) is 3.76. The molecule has 4 saturated carbocycles. The summed E-state index contributed by atoms with van der Waals surface area (Å²) in [5.41, 5.74) is 1.04. The van der Waals surface area contributed by atoms with Gasteiger partial charge in [0.1, 0.15) is 0 Å². The molecule has 4 aliphatic carbocycles. The van der Waals surface area contributed by atoms with E-state index >= 15 is 0 Å². The molecule has 4 rings (SSSR count). The van der Waals surface area contributed by atoms with Crippen molar-refractivity contribution in [2.75, 3.05) is 13.2 Å². The minimum absolute atomic E-state index is 0.459. The van der Waals surface area contributed by atoms with Crippen molar-refractivity contribution in [1.29, 1.82) is 0 Å². The molecule has 0 bridgehead atoms. The molecule has 2 nitrogen and oxygen atoms in total. The summed E-state index contributed by atoms with van der Waals surface area (Å²) < 4.78 is 12.6. The van der Waals surface area contributed by atoms with Crippen LogP contribution in [0.2, 0.25) is 0 Å². The minimum Gasteiger partial charge on any atom is -0.378 e. The summed E-state index contributed by atoms with van der Waals surface area (Å²) in [6.45, 7) is 11.7. The first-order chi connectivity index (χ1) is 13.0. The Balaban J connectivity index is 1.46. The van der Waals surface area contributed by atoms with Gasteiger partial charge in [-0.3, -0.25) is 0 Å². The van der Waals surface area contributed by atoms with Crippen molar-refractivity contribution in [3.63, 3.8) is 0 Å². The molecule has 0 N–H and O–H groups in total. The van der Waals surface area contributed by atoms with Gasteiger partial charge in [-0.15, -0.1) is 0 Å². The highest BCUT2D eigenvalue weighted by atomic mass is 16.5. The second-order valence-electron chi connectivity index (χ2n) is 10.9. The molecule has 0 aromatic heterocycles. The van der Waals surface area contributed by atoms with Crippen molar-refractivity contribution in [2.45, 2.75) is 111 Å². The Kier molecular flexibility index (Phi) is 5.97. The van der Waals surface area contributed by atoms with Gasteiger partial charge in [0.15, 0.2) is 0 Å². The highest BCUT2D eigenvalue weighted by Gasteiger charge is 2.60. The lowest BCUT2D eigenvalue weighted by Gasteiger charge is -2.61. The van der Waals surface area contributed by atoms with E-state index in [0.717, 1.165) is 49.7 Å². The van der Waals surface area contributed by atoms with E-state index in [0.29, 0.717) is 23.0 Å². The molecule has 0 unspecified atom stereocenters. The Morgan fingerprint density at radius 2 is 1.44 bits per heavy atom. The molecule has 0 spiro atoms. The number of hydrogen-bond donors (Lipinski definition) is 0. The average Bonchev–Trinajstić information content (AvgIpc) is 3.01. The Bertz CT molecular complexity index is 505. The van der Waals surface area contributed by atoms with E-state index in [1.54, 1.807) is 0 Å². The van der Waals surface area contributed by atoms with Crippen LogP contribution in [0.3, 0.4) is 0 Å². The lowest BCUT2D eigenvalue weighted by atomic mass is 9.45. The summed E-state index contributed by atoms with van der Waals surface area (Å²) >= 11 is 0. The SMILES string of the molecule is CCCO[C@H]1CC[C@@]2(C)[C@@H](CC[C@@H]3[C@H]2CC[C@]2(C)[C@@H](OCCC)CC[C@H]32)C1. The van der Waals surface area contributed by atoms with Gasteiger partial charge in [-0.2, -0.15) is 0 Å². The zero-order chi connectivity index (χ0) is 19.1. The first kappa shape index (κ1) is 20.2. The van der Waals surface area contributed by atoms with Crippen molar-refractivity contribution in [3.05, 3.63) is 0 Å². The average molecular weight is 377 g/mol. The minimum atomic E-state index is 0.459. The predicted molar refractivity (Wildman–Crippen MR) is 112 cm³/mol. The van der Waals surface area contributed by atoms with Crippen LogP contribution in [0.15, 0.2) is 0 Å². The third-order valence-corrected chi connectivity index (χ3v) is 9.61. The van der Waals surface area contributed by atoms with E-state index in [9.17, 15) is 0 Å². The van der Waals surface area contributed by atoms with Gasteiger partial charge in [0.05, 0.1) is 12.2 Å². The van der Waals surface area contributed by atoms with Crippen molar-refractivity contribution in [3.8, 4) is 0 Å². The predicted octanol–water partition coefficient (Wildman–Crippen LogP) is 6.62. The highest BCUT2D eigenvalue weighted by Crippen LogP contribution is 2.66. The molecule has 0 radical (unpaired) electrons. The summed E-state index contributed by atoms with van der Waals surface area (Å²) in [5, 5.41) is 0. The Morgan fingerprint density at radius 1 is 0.741 bits per heavy atom. The van der Waals surface area contributed by atoms with E-state index in [1.165, 1.54) is 57.8 Å². The molecule has 156 valence electrons. The molecule has 0 heterocycles. The van der Waals surface area contributed by atoms with Crippen LogP contribution in [0, 0.1) is 34.5 Å². The third kappa shape index (κ3) is 3.41. The summed E-state index contributed by atoms with van der Waals surface area (Å²) in [4.78, 5) is 0. The van der Waals surface area contributed by atoms with Gasteiger partial charge in [-0.05, 0) is 105 Å². The van der Waals surface area contributed by atoms with E-state index in [4.69, 9.17) is 9.47 Å². The second kappa shape index (κ2) is 7.98. The van der Waals surface area contributed by atoms with Crippen LogP contribution in [-0.4, -0.2) is 25.4 Å². The molecular weight excluding hydrogens is 332 g/mol. The van der Waals surface area contributed by atoms with Gasteiger partial charge in [0, 0.05) is 13.2 Å². The fourth-order valence-corrected chi connectivity index (χ4v) is 8.14. The van der Waals surface area contributed by atoms with Gasteiger partial charge < -0.3 is 9.47 Å². The van der Waals surface area contributed by atoms with Crippen LogP contribution in [0.1, 0.15) is 98.3 Å². The molecule has 0 saturated heterocycles. The van der Waals surface area contributed by atoms with E-state index in [2.05, 4.69) is 27.7 Å². The standard InChI is InChI=1S/C25H44O2/c1-5-15-26-19-11-13-24(3)18(17-19)7-8-20-21-9-10-23(27-16-6-2)25(21,4)14-12-22(20)24/h18-23H,5-17H2,1-4H3/t18-,19-,20-,21+,22+,23-,24-,25-/m0/s1. The van der Waals surface area contributed by atoms with Crippen molar-refractivity contribution in [2.24, 2.45) is 34.5 Å². The second-order valence-corrected chi connectivity index (χ2v) is 10.9. The monoisotopic (exact) mass is 376 g/mol.